The van der Waals surface area contributed by atoms with Gasteiger partial charge in [0.1, 0.15) is 36.9 Å². The molecule has 0 saturated carbocycles. The van der Waals surface area contributed by atoms with Gasteiger partial charge in [0.15, 0.2) is 22.9 Å². The number of ether oxygens (including phenoxy) is 6. The van der Waals surface area contributed by atoms with Gasteiger partial charge in [-0.25, -0.2) is 0 Å². The molecule has 18 nitrogen and oxygen atoms in total. The highest BCUT2D eigenvalue weighted by Gasteiger charge is 2.29. The summed E-state index contributed by atoms with van der Waals surface area (Å²) in [6.45, 7) is 3.68. The van der Waals surface area contributed by atoms with E-state index in [-0.39, 0.29) is 73.5 Å². The Balaban J connectivity index is 1.64. The van der Waals surface area contributed by atoms with Gasteiger partial charge in [-0.3, -0.25) is 29.8 Å². The standard InChI is InChI=1S/C38H44N6O12/c1-5-53-33(19-41-35-29(43(47)48)15-25(37(39)45)17-31(35)55-21-23-7-11-27(51-3)12-8-23)34(54-6-2)20-42-36-30(44(49)50)16-26(38(40)46)18-32(36)56-22-24-9-13-28(52-4)14-10-24/h7-18,33-34,41-42H,5-6,19-22H2,1-4H3,(H2,39,45)(H2,40,46)/t33-,34-/m0/s1. The van der Waals surface area contributed by atoms with Crippen molar-refractivity contribution in [3.63, 3.8) is 0 Å². The molecule has 0 aromatic heterocycles. The van der Waals surface area contributed by atoms with Gasteiger partial charge in [0.25, 0.3) is 11.4 Å². The van der Waals surface area contributed by atoms with Crippen molar-refractivity contribution in [1.82, 2.24) is 0 Å². The number of methoxy groups -OCH3 is 2. The molecule has 298 valence electrons. The Morgan fingerprint density at radius 3 is 1.29 bits per heavy atom. The van der Waals surface area contributed by atoms with E-state index < -0.39 is 45.2 Å². The number of anilines is 2. The fraction of sp³-hybridized carbons (Fsp3) is 0.316. The van der Waals surface area contributed by atoms with Crippen LogP contribution in [0.3, 0.4) is 0 Å². The number of nitro benzene ring substituents is 2. The minimum Gasteiger partial charge on any atom is -0.497 e. The Kier molecular flexibility index (Phi) is 15.1. The predicted octanol–water partition coefficient (Wildman–Crippen LogP) is 5.21. The third kappa shape index (κ3) is 11.2. The zero-order valence-electron chi connectivity index (χ0n) is 31.3. The van der Waals surface area contributed by atoms with Gasteiger partial charge < -0.3 is 50.5 Å². The van der Waals surface area contributed by atoms with Crippen LogP contribution in [-0.2, 0) is 22.7 Å². The van der Waals surface area contributed by atoms with Gasteiger partial charge in [-0.15, -0.1) is 0 Å². The van der Waals surface area contributed by atoms with E-state index in [0.717, 1.165) is 12.1 Å². The quantitative estimate of drug-likeness (QED) is 0.0558. The lowest BCUT2D eigenvalue weighted by molar-refractivity contribution is -0.384. The molecule has 0 aliphatic rings. The molecular weight excluding hydrogens is 732 g/mol. The van der Waals surface area contributed by atoms with E-state index in [4.69, 9.17) is 39.9 Å². The maximum atomic E-state index is 12.3. The third-order valence-corrected chi connectivity index (χ3v) is 8.37. The summed E-state index contributed by atoms with van der Waals surface area (Å²) in [5.41, 5.74) is 11.1. The number of primary amides is 2. The number of rotatable bonds is 23. The molecule has 4 aromatic rings. The second-order valence-corrected chi connectivity index (χ2v) is 12.0. The molecule has 0 spiro atoms. The van der Waals surface area contributed by atoms with Crippen molar-refractivity contribution in [2.75, 3.05) is 51.2 Å². The van der Waals surface area contributed by atoms with Crippen LogP contribution in [0, 0.1) is 20.2 Å². The number of carbonyl (C=O) groups is 2. The first kappa shape index (κ1) is 42.1. The van der Waals surface area contributed by atoms with Crippen molar-refractivity contribution in [1.29, 1.82) is 0 Å². The lowest BCUT2D eigenvalue weighted by Gasteiger charge is -2.28. The average molecular weight is 777 g/mol. The molecule has 56 heavy (non-hydrogen) atoms. The first-order valence-corrected chi connectivity index (χ1v) is 17.4. The Bertz CT molecular complexity index is 1850. The van der Waals surface area contributed by atoms with Crippen LogP contribution in [0.5, 0.6) is 23.0 Å². The molecule has 6 N–H and O–H groups in total. The van der Waals surface area contributed by atoms with Crippen LogP contribution in [0.25, 0.3) is 0 Å². The molecule has 0 fully saturated rings. The van der Waals surface area contributed by atoms with E-state index >= 15 is 0 Å². The number of amides is 2. The van der Waals surface area contributed by atoms with Gasteiger partial charge in [-0.05, 0) is 61.4 Å². The van der Waals surface area contributed by atoms with Gasteiger partial charge in [0, 0.05) is 49.6 Å². The SMILES string of the molecule is CCO[C@@H](CNc1c(OCc2ccc(OC)cc2)cc(C(N)=O)cc1[N+](=O)[O-])[C@H](CNc1c(OCc2ccc(OC)cc2)cc(C(N)=O)cc1[N+](=O)[O-])OCC. The van der Waals surface area contributed by atoms with Crippen LogP contribution in [0.4, 0.5) is 22.7 Å². The number of nitrogens with two attached hydrogens (primary N) is 2. The summed E-state index contributed by atoms with van der Waals surface area (Å²) in [6.07, 6.45) is -1.63. The Morgan fingerprint density at radius 2 is 1.00 bits per heavy atom. The molecular formula is C38H44N6O12. The van der Waals surface area contributed by atoms with Gasteiger partial charge in [-0.2, -0.15) is 0 Å². The highest BCUT2D eigenvalue weighted by atomic mass is 16.6. The Hall–Kier alpha value is -6.66. The summed E-state index contributed by atoms with van der Waals surface area (Å²) >= 11 is 0. The molecule has 0 radical (unpaired) electrons. The second-order valence-electron chi connectivity index (χ2n) is 12.0. The van der Waals surface area contributed by atoms with Crippen molar-refractivity contribution in [3.05, 3.63) is 115 Å². The highest BCUT2D eigenvalue weighted by molar-refractivity contribution is 5.96. The second kappa shape index (κ2) is 20.1. The normalized spacial score (nSPS) is 11.9. The van der Waals surface area contributed by atoms with Crippen molar-refractivity contribution < 1.29 is 47.9 Å². The largest absolute Gasteiger partial charge is 0.497 e. The molecule has 0 saturated heterocycles. The summed E-state index contributed by atoms with van der Waals surface area (Å²) in [5.74, 6) is -0.583. The van der Waals surface area contributed by atoms with E-state index in [1.54, 1.807) is 62.4 Å². The first-order valence-electron chi connectivity index (χ1n) is 17.4. The lowest BCUT2D eigenvalue weighted by Crippen LogP contribution is -2.42. The number of benzene rings is 4. The van der Waals surface area contributed by atoms with Gasteiger partial charge >= 0.3 is 0 Å². The number of nitrogens with one attached hydrogen (secondary N) is 2. The van der Waals surface area contributed by atoms with E-state index in [1.165, 1.54) is 26.4 Å². The monoisotopic (exact) mass is 776 g/mol. The smallest absolute Gasteiger partial charge is 0.296 e. The lowest BCUT2D eigenvalue weighted by atomic mass is 10.1. The van der Waals surface area contributed by atoms with Crippen molar-refractivity contribution in [2.24, 2.45) is 11.5 Å². The third-order valence-electron chi connectivity index (χ3n) is 8.37. The van der Waals surface area contributed by atoms with Crippen molar-refractivity contribution in [3.8, 4) is 23.0 Å². The molecule has 0 aliphatic carbocycles. The number of hydrogen-bond acceptors (Lipinski definition) is 14. The first-order chi connectivity index (χ1) is 26.9. The summed E-state index contributed by atoms with van der Waals surface area (Å²) in [5, 5.41) is 30.7. The summed E-state index contributed by atoms with van der Waals surface area (Å²) in [7, 11) is 3.06. The fourth-order valence-electron chi connectivity index (χ4n) is 5.55. The number of carbonyl (C=O) groups excluding carboxylic acids is 2. The van der Waals surface area contributed by atoms with E-state index in [0.29, 0.717) is 22.6 Å². The molecule has 0 unspecified atom stereocenters. The Morgan fingerprint density at radius 1 is 0.643 bits per heavy atom. The highest BCUT2D eigenvalue weighted by Crippen LogP contribution is 2.38. The molecule has 18 heteroatoms. The van der Waals surface area contributed by atoms with Gasteiger partial charge in [-0.1, -0.05) is 24.3 Å². The maximum Gasteiger partial charge on any atom is 0.296 e. The molecule has 2 amide bonds. The number of hydrogen-bond donors (Lipinski definition) is 4. The maximum absolute atomic E-state index is 12.3. The summed E-state index contributed by atoms with van der Waals surface area (Å²) in [6, 6.07) is 18.6. The van der Waals surface area contributed by atoms with Crippen LogP contribution in [0.2, 0.25) is 0 Å². The van der Waals surface area contributed by atoms with Crippen LogP contribution in [0.1, 0.15) is 45.7 Å². The zero-order valence-corrected chi connectivity index (χ0v) is 31.3. The van der Waals surface area contributed by atoms with E-state index in [1.807, 2.05) is 0 Å². The Labute approximate surface area is 322 Å². The molecule has 0 aliphatic heterocycles. The number of nitrogens with zero attached hydrogens (tertiary/aromatic N) is 2. The van der Waals surface area contributed by atoms with E-state index in [9.17, 15) is 29.8 Å². The van der Waals surface area contributed by atoms with E-state index in [2.05, 4.69) is 10.6 Å². The average Bonchev–Trinajstić information content (AvgIpc) is 3.19. The molecule has 4 aromatic carbocycles. The minimum atomic E-state index is -0.895. The zero-order chi connectivity index (χ0) is 40.8. The fourth-order valence-corrected chi connectivity index (χ4v) is 5.55. The van der Waals surface area contributed by atoms with Crippen LogP contribution in [0.15, 0.2) is 72.8 Å². The van der Waals surface area contributed by atoms with Crippen molar-refractivity contribution >= 4 is 34.6 Å². The molecule has 0 heterocycles. The van der Waals surface area contributed by atoms with Crippen LogP contribution in [-0.4, -0.2) is 74.4 Å². The number of nitro groups is 2. The molecule has 2 atom stereocenters. The summed E-state index contributed by atoms with van der Waals surface area (Å²) in [4.78, 5) is 47.5. The van der Waals surface area contributed by atoms with Crippen LogP contribution >= 0.6 is 0 Å². The van der Waals surface area contributed by atoms with Crippen molar-refractivity contribution in [2.45, 2.75) is 39.3 Å². The molecule has 4 rings (SSSR count). The van der Waals surface area contributed by atoms with Gasteiger partial charge in [0.2, 0.25) is 11.8 Å². The topological polar surface area (TPSA) is 252 Å². The van der Waals surface area contributed by atoms with Gasteiger partial charge in [0.05, 0.1) is 24.1 Å². The summed E-state index contributed by atoms with van der Waals surface area (Å²) < 4.78 is 34.5. The predicted molar refractivity (Wildman–Crippen MR) is 206 cm³/mol. The minimum absolute atomic E-state index is 0.0192. The van der Waals surface area contributed by atoms with Crippen LogP contribution < -0.4 is 41.0 Å². The molecule has 0 bridgehead atoms.